The van der Waals surface area contributed by atoms with E-state index < -0.39 is 18.4 Å². The molecule has 1 N–H and O–H groups in total. The van der Waals surface area contributed by atoms with Gasteiger partial charge in [-0.25, -0.2) is 9.78 Å². The van der Waals surface area contributed by atoms with Gasteiger partial charge in [-0.3, -0.25) is 4.79 Å². The third-order valence-corrected chi connectivity index (χ3v) is 3.47. The van der Waals surface area contributed by atoms with E-state index in [1.807, 2.05) is 41.8 Å². The van der Waals surface area contributed by atoms with Crippen LogP contribution in [0.2, 0.25) is 0 Å². The van der Waals surface area contributed by atoms with Crippen LogP contribution in [0.5, 0.6) is 0 Å². The summed E-state index contributed by atoms with van der Waals surface area (Å²) in [7, 11) is 0. The number of hydrogen-bond donors (Lipinski definition) is 1. The van der Waals surface area contributed by atoms with Crippen molar-refractivity contribution >= 4 is 18.0 Å². The van der Waals surface area contributed by atoms with Crippen molar-refractivity contribution in [3.05, 3.63) is 59.2 Å². The Kier molecular flexibility index (Phi) is 5.89. The van der Waals surface area contributed by atoms with Crippen molar-refractivity contribution in [2.75, 3.05) is 6.61 Å². The van der Waals surface area contributed by atoms with Gasteiger partial charge in [0.1, 0.15) is 5.82 Å². The SMILES string of the molecule is CCOC(=O)/C(=C/c1cnc(C)n1Cc1ccccc1)CC(=O)O. The molecule has 0 amide bonds. The second-order valence-electron chi connectivity index (χ2n) is 5.26. The zero-order valence-electron chi connectivity index (χ0n) is 13.7. The number of aromatic nitrogens is 2. The van der Waals surface area contributed by atoms with E-state index in [-0.39, 0.29) is 12.2 Å². The highest BCUT2D eigenvalue weighted by atomic mass is 16.5. The van der Waals surface area contributed by atoms with Crippen molar-refractivity contribution in [3.8, 4) is 0 Å². The molecule has 1 heterocycles. The first-order chi connectivity index (χ1) is 11.5. The number of ether oxygens (including phenoxy) is 1. The second-order valence-corrected chi connectivity index (χ2v) is 5.26. The zero-order valence-corrected chi connectivity index (χ0v) is 13.7. The lowest BCUT2D eigenvalue weighted by atomic mass is 10.1. The largest absolute Gasteiger partial charge is 0.481 e. The van der Waals surface area contributed by atoms with Crippen molar-refractivity contribution in [3.63, 3.8) is 0 Å². The van der Waals surface area contributed by atoms with Crippen LogP contribution in [0.1, 0.15) is 30.4 Å². The third kappa shape index (κ3) is 4.55. The molecule has 2 rings (SSSR count). The topological polar surface area (TPSA) is 81.4 Å². The molecule has 24 heavy (non-hydrogen) atoms. The molecule has 0 fully saturated rings. The number of hydrogen-bond acceptors (Lipinski definition) is 4. The van der Waals surface area contributed by atoms with E-state index in [1.54, 1.807) is 13.1 Å². The Morgan fingerprint density at radius 1 is 1.29 bits per heavy atom. The molecular formula is C18H20N2O4. The van der Waals surface area contributed by atoms with Crippen molar-refractivity contribution in [1.29, 1.82) is 0 Å². The number of carbonyl (C=O) groups is 2. The number of carboxylic acids is 1. The van der Waals surface area contributed by atoms with Gasteiger partial charge < -0.3 is 14.4 Å². The Morgan fingerprint density at radius 2 is 2.00 bits per heavy atom. The highest BCUT2D eigenvalue weighted by molar-refractivity contribution is 5.97. The summed E-state index contributed by atoms with van der Waals surface area (Å²) in [6, 6.07) is 9.83. The number of esters is 1. The van der Waals surface area contributed by atoms with Gasteiger partial charge in [0.05, 0.1) is 30.5 Å². The molecule has 2 aromatic rings. The average Bonchev–Trinajstić information content (AvgIpc) is 2.88. The summed E-state index contributed by atoms with van der Waals surface area (Å²) in [6.45, 7) is 4.32. The van der Waals surface area contributed by atoms with Crippen LogP contribution in [0, 0.1) is 6.92 Å². The quantitative estimate of drug-likeness (QED) is 0.624. The summed E-state index contributed by atoms with van der Waals surface area (Å²) in [6.07, 6.45) is 2.77. The molecule has 6 nitrogen and oxygen atoms in total. The van der Waals surface area contributed by atoms with Crippen molar-refractivity contribution in [1.82, 2.24) is 9.55 Å². The predicted molar refractivity (Wildman–Crippen MR) is 89.4 cm³/mol. The minimum Gasteiger partial charge on any atom is -0.481 e. The number of benzene rings is 1. The van der Waals surface area contributed by atoms with Gasteiger partial charge >= 0.3 is 11.9 Å². The molecular weight excluding hydrogens is 308 g/mol. The van der Waals surface area contributed by atoms with E-state index in [0.717, 1.165) is 11.4 Å². The highest BCUT2D eigenvalue weighted by Gasteiger charge is 2.16. The molecule has 0 saturated heterocycles. The third-order valence-electron chi connectivity index (χ3n) is 3.47. The van der Waals surface area contributed by atoms with Crippen LogP contribution in [0.15, 0.2) is 42.1 Å². The molecule has 1 aromatic carbocycles. The summed E-state index contributed by atoms with van der Waals surface area (Å²) >= 11 is 0. The Labute approximate surface area is 140 Å². The van der Waals surface area contributed by atoms with Crippen molar-refractivity contribution < 1.29 is 19.4 Å². The van der Waals surface area contributed by atoms with Crippen LogP contribution in [-0.4, -0.2) is 33.2 Å². The van der Waals surface area contributed by atoms with E-state index in [2.05, 4.69) is 4.98 Å². The molecule has 126 valence electrons. The summed E-state index contributed by atoms with van der Waals surface area (Å²) in [4.78, 5) is 27.3. The second kappa shape index (κ2) is 8.10. The zero-order chi connectivity index (χ0) is 17.5. The van der Waals surface area contributed by atoms with Gasteiger partial charge in [0, 0.05) is 6.54 Å². The number of nitrogens with zero attached hydrogens (tertiary/aromatic N) is 2. The Bertz CT molecular complexity index is 748. The van der Waals surface area contributed by atoms with Crippen LogP contribution in [0.25, 0.3) is 6.08 Å². The summed E-state index contributed by atoms with van der Waals surface area (Å²) in [5.41, 5.74) is 1.85. The van der Waals surface area contributed by atoms with Crippen molar-refractivity contribution in [2.24, 2.45) is 0 Å². The molecule has 0 radical (unpaired) electrons. The lowest BCUT2D eigenvalue weighted by Crippen LogP contribution is -2.12. The van der Waals surface area contributed by atoms with E-state index in [9.17, 15) is 9.59 Å². The fourth-order valence-electron chi connectivity index (χ4n) is 2.32. The molecule has 0 unspecified atom stereocenters. The van der Waals surface area contributed by atoms with Crippen LogP contribution in [0.4, 0.5) is 0 Å². The maximum atomic E-state index is 12.0. The van der Waals surface area contributed by atoms with E-state index in [1.165, 1.54) is 6.08 Å². The minimum atomic E-state index is -1.08. The van der Waals surface area contributed by atoms with Gasteiger partial charge in [0.25, 0.3) is 0 Å². The van der Waals surface area contributed by atoms with E-state index in [0.29, 0.717) is 12.2 Å². The molecule has 0 aliphatic carbocycles. The monoisotopic (exact) mass is 328 g/mol. The standard InChI is InChI=1S/C18H20N2O4/c1-3-24-18(23)15(10-17(21)22)9-16-11-19-13(2)20(16)12-14-7-5-4-6-8-14/h4-9,11H,3,10,12H2,1-2H3,(H,21,22)/b15-9+. The Morgan fingerprint density at radius 3 is 2.62 bits per heavy atom. The van der Waals surface area contributed by atoms with Crippen molar-refractivity contribution in [2.45, 2.75) is 26.8 Å². The highest BCUT2D eigenvalue weighted by Crippen LogP contribution is 2.16. The van der Waals surface area contributed by atoms with Gasteiger partial charge in [-0.05, 0) is 25.5 Å². The summed E-state index contributed by atoms with van der Waals surface area (Å²) in [5.74, 6) is -0.922. The number of imidazole rings is 1. The number of carboxylic acid groups (broad SMARTS) is 1. The fraction of sp³-hybridized carbons (Fsp3) is 0.278. The number of rotatable bonds is 7. The molecule has 1 aromatic heterocycles. The first-order valence-electron chi connectivity index (χ1n) is 7.66. The first-order valence-corrected chi connectivity index (χ1v) is 7.66. The molecule has 0 bridgehead atoms. The smallest absolute Gasteiger partial charge is 0.334 e. The first kappa shape index (κ1) is 17.5. The predicted octanol–water partition coefficient (Wildman–Crippen LogP) is 2.66. The molecule has 0 aliphatic heterocycles. The van der Waals surface area contributed by atoms with E-state index in [4.69, 9.17) is 9.84 Å². The fourth-order valence-corrected chi connectivity index (χ4v) is 2.32. The normalized spacial score (nSPS) is 11.3. The van der Waals surface area contributed by atoms with Crippen LogP contribution < -0.4 is 0 Å². The van der Waals surface area contributed by atoms with E-state index >= 15 is 0 Å². The Hall–Kier alpha value is -2.89. The lowest BCUT2D eigenvalue weighted by molar-refractivity contribution is -0.142. The summed E-state index contributed by atoms with van der Waals surface area (Å²) < 4.78 is 6.87. The van der Waals surface area contributed by atoms with Crippen LogP contribution in [-0.2, 0) is 20.9 Å². The summed E-state index contributed by atoms with van der Waals surface area (Å²) in [5, 5.41) is 9.02. The maximum Gasteiger partial charge on any atom is 0.334 e. The van der Waals surface area contributed by atoms with Gasteiger partial charge in [-0.1, -0.05) is 30.3 Å². The lowest BCUT2D eigenvalue weighted by Gasteiger charge is -2.10. The number of aliphatic carboxylic acids is 1. The average molecular weight is 328 g/mol. The maximum absolute atomic E-state index is 12.0. The molecule has 6 heteroatoms. The number of carbonyl (C=O) groups excluding carboxylic acids is 1. The molecule has 0 saturated carbocycles. The van der Waals surface area contributed by atoms with Gasteiger partial charge in [-0.2, -0.15) is 0 Å². The molecule has 0 aliphatic rings. The van der Waals surface area contributed by atoms with Gasteiger partial charge in [0.15, 0.2) is 0 Å². The van der Waals surface area contributed by atoms with Crippen LogP contribution >= 0.6 is 0 Å². The molecule has 0 spiro atoms. The minimum absolute atomic E-state index is 0.0959. The van der Waals surface area contributed by atoms with Gasteiger partial charge in [-0.15, -0.1) is 0 Å². The van der Waals surface area contributed by atoms with Crippen LogP contribution in [0.3, 0.4) is 0 Å². The number of aryl methyl sites for hydroxylation is 1. The molecule has 0 atom stereocenters. The van der Waals surface area contributed by atoms with Gasteiger partial charge in [0.2, 0.25) is 0 Å². The Balaban J connectivity index is 2.35.